The van der Waals surface area contributed by atoms with Crippen molar-refractivity contribution in [3.8, 4) is 0 Å². The van der Waals surface area contributed by atoms with Crippen molar-refractivity contribution in [1.82, 2.24) is 4.98 Å². The molecule has 26 heavy (non-hydrogen) atoms. The standard InChI is InChI=1S/C16H11F5N2O2S/c17-14(18)9-23-15-10(4-3-7-22-15)8-13(26(23,24)25)11-5-1-2-6-12(11)16(19,20)21/h1-8,14H,9H2. The normalized spacial score (nSPS) is 16.4. The Kier molecular flexibility index (Phi) is 4.47. The monoisotopic (exact) mass is 390 g/mol. The van der Waals surface area contributed by atoms with Crippen LogP contribution in [0.5, 0.6) is 0 Å². The van der Waals surface area contributed by atoms with E-state index in [1.54, 1.807) is 0 Å². The summed E-state index contributed by atoms with van der Waals surface area (Å²) >= 11 is 0. The number of hydrogen-bond acceptors (Lipinski definition) is 3. The predicted molar refractivity (Wildman–Crippen MR) is 85.8 cm³/mol. The Morgan fingerprint density at radius 1 is 1.08 bits per heavy atom. The highest BCUT2D eigenvalue weighted by molar-refractivity contribution is 8.02. The maximum atomic E-state index is 13.3. The number of pyridine rings is 1. The number of nitrogens with zero attached hydrogens (tertiary/aromatic N) is 2. The van der Waals surface area contributed by atoms with Gasteiger partial charge in [0.2, 0.25) is 0 Å². The van der Waals surface area contributed by atoms with Crippen LogP contribution in [0.15, 0.2) is 42.6 Å². The Hall–Kier alpha value is -2.49. The SMILES string of the molecule is O=S1(=O)C(c2ccccc2C(F)(F)F)=Cc2cccnc2N1CC(F)F. The summed E-state index contributed by atoms with van der Waals surface area (Å²) in [5.41, 5.74) is -1.64. The molecule has 0 spiro atoms. The van der Waals surface area contributed by atoms with Gasteiger partial charge in [0.15, 0.2) is 0 Å². The molecule has 4 nitrogen and oxygen atoms in total. The van der Waals surface area contributed by atoms with Crippen molar-refractivity contribution in [3.05, 3.63) is 59.3 Å². The van der Waals surface area contributed by atoms with Gasteiger partial charge in [-0.25, -0.2) is 26.5 Å². The Morgan fingerprint density at radius 3 is 2.42 bits per heavy atom. The minimum absolute atomic E-state index is 0.134. The number of alkyl halides is 5. The van der Waals surface area contributed by atoms with Crippen LogP contribution >= 0.6 is 0 Å². The van der Waals surface area contributed by atoms with Gasteiger partial charge in [0.25, 0.3) is 16.4 Å². The average molecular weight is 390 g/mol. The minimum atomic E-state index is -4.81. The highest BCUT2D eigenvalue weighted by Crippen LogP contribution is 2.42. The molecule has 2 aromatic rings. The van der Waals surface area contributed by atoms with Crippen LogP contribution in [-0.2, 0) is 16.2 Å². The lowest BCUT2D eigenvalue weighted by Gasteiger charge is -2.30. The molecule has 2 heterocycles. The zero-order valence-corrected chi connectivity index (χ0v) is 13.7. The van der Waals surface area contributed by atoms with Crippen molar-refractivity contribution in [2.45, 2.75) is 12.6 Å². The first kappa shape index (κ1) is 18.3. The van der Waals surface area contributed by atoms with Gasteiger partial charge in [0, 0.05) is 17.3 Å². The molecular formula is C16H11F5N2O2S. The lowest BCUT2D eigenvalue weighted by molar-refractivity contribution is -0.137. The van der Waals surface area contributed by atoms with E-state index in [1.165, 1.54) is 24.4 Å². The second-order valence-corrected chi connectivity index (χ2v) is 7.23. The van der Waals surface area contributed by atoms with E-state index in [1.807, 2.05) is 0 Å². The highest BCUT2D eigenvalue weighted by Gasteiger charge is 2.41. The zero-order valence-electron chi connectivity index (χ0n) is 12.9. The van der Waals surface area contributed by atoms with Crippen molar-refractivity contribution < 1.29 is 30.4 Å². The number of anilines is 1. The molecule has 0 fully saturated rings. The summed E-state index contributed by atoms with van der Waals surface area (Å²) in [7, 11) is -4.66. The fourth-order valence-corrected chi connectivity index (χ4v) is 4.31. The van der Waals surface area contributed by atoms with Gasteiger partial charge in [-0.2, -0.15) is 13.2 Å². The summed E-state index contributed by atoms with van der Waals surface area (Å²) in [5, 5.41) is 0. The van der Waals surface area contributed by atoms with Gasteiger partial charge in [-0.1, -0.05) is 18.2 Å². The number of sulfonamides is 1. The first-order chi connectivity index (χ1) is 12.1. The molecule has 0 saturated carbocycles. The van der Waals surface area contributed by atoms with E-state index >= 15 is 0 Å². The smallest absolute Gasteiger partial charge is 0.243 e. The average Bonchev–Trinajstić information content (AvgIpc) is 2.56. The molecule has 1 aliphatic heterocycles. The van der Waals surface area contributed by atoms with Crippen LogP contribution in [0.4, 0.5) is 27.8 Å². The summed E-state index contributed by atoms with van der Waals surface area (Å²) in [5.74, 6) is -0.249. The van der Waals surface area contributed by atoms with E-state index in [0.717, 1.165) is 24.3 Å². The largest absolute Gasteiger partial charge is 0.417 e. The van der Waals surface area contributed by atoms with Crippen molar-refractivity contribution in [2.24, 2.45) is 0 Å². The first-order valence-corrected chi connectivity index (χ1v) is 8.70. The second-order valence-electron chi connectivity index (χ2n) is 5.40. The predicted octanol–water partition coefficient (Wildman–Crippen LogP) is 4.01. The first-order valence-electron chi connectivity index (χ1n) is 7.26. The minimum Gasteiger partial charge on any atom is -0.243 e. The molecular weight excluding hydrogens is 379 g/mol. The van der Waals surface area contributed by atoms with Crippen molar-refractivity contribution in [3.63, 3.8) is 0 Å². The summed E-state index contributed by atoms with van der Waals surface area (Å²) in [6, 6.07) is 6.93. The lowest BCUT2D eigenvalue weighted by Crippen LogP contribution is -2.38. The topological polar surface area (TPSA) is 50.3 Å². The zero-order chi connectivity index (χ0) is 19.1. The molecule has 0 amide bonds. The fourth-order valence-electron chi connectivity index (χ4n) is 2.65. The quantitative estimate of drug-likeness (QED) is 0.744. The molecule has 0 N–H and O–H groups in total. The van der Waals surface area contributed by atoms with Crippen LogP contribution in [0.25, 0.3) is 11.0 Å². The highest BCUT2D eigenvalue weighted by atomic mass is 32.2. The summed E-state index contributed by atoms with van der Waals surface area (Å²) in [6.07, 6.45) is -5.60. The third-order valence-corrected chi connectivity index (χ3v) is 5.51. The summed E-state index contributed by atoms with van der Waals surface area (Å²) in [4.78, 5) is 3.09. The molecule has 0 atom stereocenters. The van der Waals surface area contributed by atoms with Crippen LogP contribution in [-0.4, -0.2) is 26.4 Å². The molecule has 10 heteroatoms. The number of aromatic nitrogens is 1. The Bertz CT molecular complexity index is 971. The Labute approximate surface area is 145 Å². The molecule has 0 bridgehead atoms. The van der Waals surface area contributed by atoms with Gasteiger partial charge in [0.05, 0.1) is 17.0 Å². The molecule has 138 valence electrons. The van der Waals surface area contributed by atoms with Crippen LogP contribution in [0.3, 0.4) is 0 Å². The number of rotatable bonds is 3. The van der Waals surface area contributed by atoms with Gasteiger partial charge in [-0.05, 0) is 24.3 Å². The van der Waals surface area contributed by atoms with E-state index in [4.69, 9.17) is 0 Å². The molecule has 1 aromatic heterocycles. The fraction of sp³-hybridized carbons (Fsp3) is 0.188. The maximum Gasteiger partial charge on any atom is 0.417 e. The van der Waals surface area contributed by atoms with Crippen LogP contribution in [0.1, 0.15) is 16.7 Å². The molecule has 1 aromatic carbocycles. The van der Waals surface area contributed by atoms with E-state index < -0.39 is 45.2 Å². The van der Waals surface area contributed by atoms with Gasteiger partial charge < -0.3 is 0 Å². The molecule has 0 unspecified atom stereocenters. The van der Waals surface area contributed by atoms with E-state index in [2.05, 4.69) is 4.98 Å². The maximum absolute atomic E-state index is 13.3. The van der Waals surface area contributed by atoms with Crippen molar-refractivity contribution in [2.75, 3.05) is 10.8 Å². The summed E-state index contributed by atoms with van der Waals surface area (Å²) in [6.45, 7) is -1.21. The number of fused-ring (bicyclic) bond motifs is 1. The van der Waals surface area contributed by atoms with Crippen LogP contribution in [0, 0.1) is 0 Å². The van der Waals surface area contributed by atoms with Gasteiger partial charge in [-0.15, -0.1) is 0 Å². The van der Waals surface area contributed by atoms with Gasteiger partial charge in [0.1, 0.15) is 5.82 Å². The van der Waals surface area contributed by atoms with E-state index in [-0.39, 0.29) is 11.4 Å². The Morgan fingerprint density at radius 2 is 1.77 bits per heavy atom. The third-order valence-electron chi connectivity index (χ3n) is 3.71. The van der Waals surface area contributed by atoms with E-state index in [9.17, 15) is 30.4 Å². The molecule has 0 aliphatic carbocycles. The number of hydrogen-bond donors (Lipinski definition) is 0. The molecule has 3 rings (SSSR count). The summed E-state index contributed by atoms with van der Waals surface area (Å²) < 4.78 is 91.7. The molecule has 1 aliphatic rings. The molecule has 0 radical (unpaired) electrons. The molecule has 0 saturated heterocycles. The second kappa shape index (κ2) is 6.35. The van der Waals surface area contributed by atoms with Gasteiger partial charge in [-0.3, -0.25) is 0 Å². The van der Waals surface area contributed by atoms with Crippen molar-refractivity contribution in [1.29, 1.82) is 0 Å². The third kappa shape index (κ3) is 3.16. The Balaban J connectivity index is 2.28. The number of benzene rings is 1. The van der Waals surface area contributed by atoms with Crippen LogP contribution in [0.2, 0.25) is 0 Å². The lowest BCUT2D eigenvalue weighted by atomic mass is 10.0. The van der Waals surface area contributed by atoms with Crippen LogP contribution < -0.4 is 4.31 Å². The number of halogens is 5. The van der Waals surface area contributed by atoms with Crippen molar-refractivity contribution >= 4 is 26.8 Å². The van der Waals surface area contributed by atoms with E-state index in [0.29, 0.717) is 4.31 Å². The van der Waals surface area contributed by atoms with Gasteiger partial charge >= 0.3 is 6.18 Å².